The Kier molecular flexibility index (Phi) is 8.59. The molecule has 2 aliphatic rings. The molecule has 2 aromatic carbocycles. The predicted octanol–water partition coefficient (Wildman–Crippen LogP) is 2.08. The van der Waals surface area contributed by atoms with Gasteiger partial charge in [0, 0.05) is 45.0 Å². The van der Waals surface area contributed by atoms with Crippen molar-refractivity contribution in [1.29, 1.82) is 5.26 Å². The molecular formula is C32H39N9O2. The summed E-state index contributed by atoms with van der Waals surface area (Å²) in [6.45, 7) is 6.97. The Morgan fingerprint density at radius 1 is 1.12 bits per heavy atom. The zero-order chi connectivity index (χ0) is 30.7. The first-order valence-electron chi connectivity index (χ1n) is 14.7. The van der Waals surface area contributed by atoms with Gasteiger partial charge in [-0.3, -0.25) is 9.59 Å². The maximum absolute atomic E-state index is 13.1. The standard InChI is InChI=1S/C32H39N9O2/c1-20(36-19-29(42)41-14-6-7-26(41)18-33)17-32(31-37-38-39-40(31)5)27-12-10-22(21(2)34-3)15-23(27)8-9-24-16-25(30(43)35-4)11-13-28(24)32/h10-13,15-16,20,26,34,36H,2,6-9,14,17,19H2,1,3-5H3,(H,35,43)/t20-,26+,32?/m1/s1. The topological polar surface area (TPSA) is 141 Å². The van der Waals surface area contributed by atoms with Crippen molar-refractivity contribution in [2.45, 2.75) is 56.5 Å². The van der Waals surface area contributed by atoms with Gasteiger partial charge in [-0.25, -0.2) is 4.68 Å². The number of aromatic nitrogens is 4. The van der Waals surface area contributed by atoms with Gasteiger partial charge < -0.3 is 20.9 Å². The van der Waals surface area contributed by atoms with Crippen LogP contribution in [0.4, 0.5) is 0 Å². The second-order valence-corrected chi connectivity index (χ2v) is 11.4. The molecule has 1 unspecified atom stereocenters. The van der Waals surface area contributed by atoms with E-state index >= 15 is 0 Å². The molecule has 1 aliphatic heterocycles. The number of likely N-dealkylation sites (tertiary alicyclic amines) is 1. The van der Waals surface area contributed by atoms with Gasteiger partial charge >= 0.3 is 0 Å². The van der Waals surface area contributed by atoms with E-state index in [1.807, 2.05) is 32.3 Å². The minimum atomic E-state index is -0.793. The van der Waals surface area contributed by atoms with E-state index in [4.69, 9.17) is 0 Å². The number of nitrogens with one attached hydrogen (secondary N) is 3. The number of nitrogens with zero attached hydrogens (tertiary/aromatic N) is 6. The summed E-state index contributed by atoms with van der Waals surface area (Å²) in [5, 5.41) is 31.7. The first-order chi connectivity index (χ1) is 20.7. The zero-order valence-corrected chi connectivity index (χ0v) is 25.3. The Morgan fingerprint density at radius 3 is 2.40 bits per heavy atom. The number of rotatable bonds is 9. The van der Waals surface area contributed by atoms with E-state index in [1.54, 1.807) is 16.6 Å². The van der Waals surface area contributed by atoms with E-state index in [0.29, 0.717) is 30.8 Å². The van der Waals surface area contributed by atoms with E-state index < -0.39 is 5.41 Å². The lowest BCUT2D eigenvalue weighted by atomic mass is 9.67. The summed E-state index contributed by atoms with van der Waals surface area (Å²) < 4.78 is 1.71. The Hall–Kier alpha value is -4.56. The summed E-state index contributed by atoms with van der Waals surface area (Å²) in [6, 6.07) is 14.0. The Bertz CT molecular complexity index is 1520. The fourth-order valence-corrected chi connectivity index (χ4v) is 6.70. The number of benzene rings is 2. The molecule has 2 amide bonds. The molecule has 1 aromatic heterocycles. The third-order valence-electron chi connectivity index (χ3n) is 8.87. The summed E-state index contributed by atoms with van der Waals surface area (Å²) in [5.74, 6) is 0.459. The van der Waals surface area contributed by atoms with Gasteiger partial charge in [0.15, 0.2) is 5.82 Å². The first-order valence-corrected chi connectivity index (χ1v) is 14.7. The second kappa shape index (κ2) is 12.4. The van der Waals surface area contributed by atoms with Gasteiger partial charge in [-0.05, 0) is 95.5 Å². The molecule has 1 aliphatic carbocycles. The van der Waals surface area contributed by atoms with Gasteiger partial charge in [0.1, 0.15) is 6.04 Å². The fourth-order valence-electron chi connectivity index (χ4n) is 6.70. The fraction of sp³-hybridized carbons (Fsp3) is 0.438. The van der Waals surface area contributed by atoms with Crippen LogP contribution in [0.5, 0.6) is 0 Å². The van der Waals surface area contributed by atoms with Crippen LogP contribution in [0.1, 0.15) is 70.2 Å². The monoisotopic (exact) mass is 581 g/mol. The highest BCUT2D eigenvalue weighted by Crippen LogP contribution is 2.47. The number of tetrazole rings is 1. The summed E-state index contributed by atoms with van der Waals surface area (Å²) >= 11 is 0. The normalized spacial score (nSPS) is 19.9. The molecule has 2 heterocycles. The molecule has 0 bridgehead atoms. The van der Waals surface area contributed by atoms with E-state index in [-0.39, 0.29) is 30.4 Å². The third kappa shape index (κ3) is 5.50. The summed E-state index contributed by atoms with van der Waals surface area (Å²) in [5.41, 5.74) is 5.92. The summed E-state index contributed by atoms with van der Waals surface area (Å²) in [7, 11) is 5.33. The van der Waals surface area contributed by atoms with Crippen molar-refractivity contribution in [3.05, 3.63) is 82.2 Å². The van der Waals surface area contributed by atoms with Crippen molar-refractivity contribution in [1.82, 2.24) is 41.1 Å². The van der Waals surface area contributed by atoms with Crippen LogP contribution >= 0.6 is 0 Å². The van der Waals surface area contributed by atoms with Gasteiger partial charge in [0.25, 0.3) is 5.91 Å². The number of carbonyl (C=O) groups excluding carboxylic acids is 2. The highest BCUT2D eigenvalue weighted by molar-refractivity contribution is 5.94. The molecule has 0 spiro atoms. The molecule has 3 aromatic rings. The maximum Gasteiger partial charge on any atom is 0.251 e. The number of nitriles is 1. The molecule has 0 saturated carbocycles. The lowest BCUT2D eigenvalue weighted by molar-refractivity contribution is -0.130. The SMILES string of the molecule is C=C(NC)c1ccc2c(c1)CCc1cc(C(=O)NC)ccc1C2(C[C@@H](C)NCC(=O)N1CCC[C@H]1C#N)c1nnnn1C. The van der Waals surface area contributed by atoms with Crippen LogP contribution in [0.2, 0.25) is 0 Å². The van der Waals surface area contributed by atoms with Crippen LogP contribution in [0, 0.1) is 11.3 Å². The smallest absolute Gasteiger partial charge is 0.251 e. The van der Waals surface area contributed by atoms with Crippen LogP contribution in [0.15, 0.2) is 43.0 Å². The van der Waals surface area contributed by atoms with Crippen molar-refractivity contribution in [2.24, 2.45) is 7.05 Å². The average molecular weight is 582 g/mol. The number of carbonyl (C=O) groups is 2. The van der Waals surface area contributed by atoms with Crippen LogP contribution in [0.25, 0.3) is 5.70 Å². The van der Waals surface area contributed by atoms with Crippen LogP contribution in [-0.2, 0) is 30.1 Å². The Labute approximate surface area is 252 Å². The molecule has 1 fully saturated rings. The zero-order valence-electron chi connectivity index (χ0n) is 25.3. The number of amides is 2. The Morgan fingerprint density at radius 2 is 1.79 bits per heavy atom. The predicted molar refractivity (Wildman–Crippen MR) is 163 cm³/mol. The summed E-state index contributed by atoms with van der Waals surface area (Å²) in [4.78, 5) is 27.4. The number of fused-ring (bicyclic) bond motifs is 2. The third-order valence-corrected chi connectivity index (χ3v) is 8.87. The first kappa shape index (κ1) is 29.9. The molecule has 224 valence electrons. The van der Waals surface area contributed by atoms with Gasteiger partial charge in [0.2, 0.25) is 5.91 Å². The molecule has 5 rings (SSSR count). The molecule has 43 heavy (non-hydrogen) atoms. The second-order valence-electron chi connectivity index (χ2n) is 11.4. The molecule has 11 heteroatoms. The van der Waals surface area contributed by atoms with E-state index in [9.17, 15) is 14.9 Å². The van der Waals surface area contributed by atoms with Crippen LogP contribution < -0.4 is 16.0 Å². The number of hydrogen-bond acceptors (Lipinski definition) is 8. The van der Waals surface area contributed by atoms with Crippen molar-refractivity contribution >= 4 is 17.5 Å². The van der Waals surface area contributed by atoms with E-state index in [0.717, 1.165) is 52.8 Å². The molecule has 0 radical (unpaired) electrons. The minimum Gasteiger partial charge on any atom is -0.388 e. The van der Waals surface area contributed by atoms with Gasteiger partial charge in [-0.15, -0.1) is 5.10 Å². The van der Waals surface area contributed by atoms with E-state index in [2.05, 4.69) is 69.2 Å². The molecule has 3 atom stereocenters. The van der Waals surface area contributed by atoms with Gasteiger partial charge in [-0.1, -0.05) is 24.8 Å². The number of aryl methyl sites for hydroxylation is 3. The van der Waals surface area contributed by atoms with Crippen molar-refractivity contribution in [2.75, 3.05) is 27.2 Å². The van der Waals surface area contributed by atoms with Crippen LogP contribution in [0.3, 0.4) is 0 Å². The van der Waals surface area contributed by atoms with E-state index in [1.165, 1.54) is 0 Å². The van der Waals surface area contributed by atoms with Gasteiger partial charge in [0.05, 0.1) is 18.0 Å². The van der Waals surface area contributed by atoms with Crippen LogP contribution in [-0.4, -0.2) is 76.2 Å². The molecule has 11 nitrogen and oxygen atoms in total. The Balaban J connectivity index is 1.62. The average Bonchev–Trinajstić information content (AvgIpc) is 3.67. The highest BCUT2D eigenvalue weighted by atomic mass is 16.2. The lowest BCUT2D eigenvalue weighted by Crippen LogP contribution is -2.45. The maximum atomic E-state index is 13.1. The molecule has 3 N–H and O–H groups in total. The minimum absolute atomic E-state index is 0.0719. The quantitative estimate of drug-likeness (QED) is 0.349. The van der Waals surface area contributed by atoms with Crippen molar-refractivity contribution in [3.8, 4) is 6.07 Å². The summed E-state index contributed by atoms with van der Waals surface area (Å²) in [6.07, 6.45) is 3.58. The largest absolute Gasteiger partial charge is 0.388 e. The van der Waals surface area contributed by atoms with Gasteiger partial charge in [-0.2, -0.15) is 5.26 Å². The lowest BCUT2D eigenvalue weighted by Gasteiger charge is -2.37. The van der Waals surface area contributed by atoms with Crippen molar-refractivity contribution in [3.63, 3.8) is 0 Å². The number of hydrogen-bond donors (Lipinski definition) is 3. The van der Waals surface area contributed by atoms with Crippen molar-refractivity contribution < 1.29 is 9.59 Å². The highest BCUT2D eigenvalue weighted by Gasteiger charge is 2.46. The molecular weight excluding hydrogens is 542 g/mol. The molecule has 1 saturated heterocycles.